The maximum absolute atomic E-state index is 11.9. The van der Waals surface area contributed by atoms with E-state index in [-0.39, 0.29) is 24.7 Å². The minimum absolute atomic E-state index is 0.187. The molecular formula is C11H13F3N2O2. The first kappa shape index (κ1) is 14.3. The van der Waals surface area contributed by atoms with Gasteiger partial charge in [-0.3, -0.25) is 4.79 Å². The molecular weight excluding hydrogens is 249 g/mol. The fourth-order valence-electron chi connectivity index (χ4n) is 1.23. The predicted molar refractivity (Wildman–Crippen MR) is 58.9 cm³/mol. The van der Waals surface area contributed by atoms with Gasteiger partial charge in [-0.1, -0.05) is 12.1 Å². The van der Waals surface area contributed by atoms with Crippen molar-refractivity contribution in [1.82, 2.24) is 10.6 Å². The van der Waals surface area contributed by atoms with Crippen LogP contribution in [0, 0.1) is 0 Å². The molecule has 0 aliphatic carbocycles. The van der Waals surface area contributed by atoms with Crippen molar-refractivity contribution < 1.29 is 22.7 Å². The first-order chi connectivity index (χ1) is 8.40. The first-order valence-electron chi connectivity index (χ1n) is 5.16. The lowest BCUT2D eigenvalue weighted by Crippen LogP contribution is -2.31. The van der Waals surface area contributed by atoms with Gasteiger partial charge in [0.1, 0.15) is 5.75 Å². The largest absolute Gasteiger partial charge is 0.573 e. The molecule has 0 aromatic heterocycles. The summed E-state index contributed by atoms with van der Waals surface area (Å²) in [6.45, 7) is 0.447. The molecule has 0 radical (unpaired) electrons. The van der Waals surface area contributed by atoms with Crippen LogP contribution >= 0.6 is 0 Å². The Hall–Kier alpha value is -1.76. The highest BCUT2D eigenvalue weighted by Gasteiger charge is 2.30. The van der Waals surface area contributed by atoms with Crippen molar-refractivity contribution in [2.45, 2.75) is 12.9 Å². The van der Waals surface area contributed by atoms with Gasteiger partial charge in [0.15, 0.2) is 0 Å². The lowest BCUT2D eigenvalue weighted by atomic mass is 10.2. The number of amides is 1. The SMILES string of the molecule is CNCC(=O)NCc1ccc(OC(F)(F)F)cc1. The monoisotopic (exact) mass is 262 g/mol. The van der Waals surface area contributed by atoms with E-state index in [1.807, 2.05) is 0 Å². The van der Waals surface area contributed by atoms with Gasteiger partial charge in [0.2, 0.25) is 5.91 Å². The highest BCUT2D eigenvalue weighted by molar-refractivity contribution is 5.77. The standard InChI is InChI=1S/C11H13F3N2O2/c1-15-7-10(17)16-6-8-2-4-9(5-3-8)18-11(12,13)14/h2-5,15H,6-7H2,1H3,(H,16,17). The van der Waals surface area contributed by atoms with Crippen LogP contribution in [0.15, 0.2) is 24.3 Å². The molecule has 0 heterocycles. The van der Waals surface area contributed by atoms with Crippen LogP contribution in [-0.2, 0) is 11.3 Å². The maximum atomic E-state index is 11.9. The molecule has 1 amide bonds. The molecule has 0 saturated carbocycles. The maximum Gasteiger partial charge on any atom is 0.573 e. The summed E-state index contributed by atoms with van der Waals surface area (Å²) < 4.78 is 39.4. The normalized spacial score (nSPS) is 11.1. The van der Waals surface area contributed by atoms with Gasteiger partial charge in [0.05, 0.1) is 6.54 Å². The minimum Gasteiger partial charge on any atom is -0.406 e. The molecule has 1 aromatic rings. The van der Waals surface area contributed by atoms with Gasteiger partial charge in [0, 0.05) is 6.54 Å². The van der Waals surface area contributed by atoms with Crippen LogP contribution in [-0.4, -0.2) is 25.9 Å². The van der Waals surface area contributed by atoms with Crippen LogP contribution in [0.25, 0.3) is 0 Å². The van der Waals surface area contributed by atoms with Crippen LogP contribution < -0.4 is 15.4 Å². The number of ether oxygens (including phenoxy) is 1. The molecule has 0 unspecified atom stereocenters. The van der Waals surface area contributed by atoms with Gasteiger partial charge in [-0.2, -0.15) is 0 Å². The Morgan fingerprint density at radius 3 is 2.39 bits per heavy atom. The lowest BCUT2D eigenvalue weighted by molar-refractivity contribution is -0.274. The van der Waals surface area contributed by atoms with Gasteiger partial charge < -0.3 is 15.4 Å². The number of likely N-dealkylation sites (N-methyl/N-ethyl adjacent to an activating group) is 1. The molecule has 0 aliphatic rings. The Balaban J connectivity index is 2.48. The fourth-order valence-corrected chi connectivity index (χ4v) is 1.23. The van der Waals surface area contributed by atoms with Crippen LogP contribution in [0.3, 0.4) is 0 Å². The van der Waals surface area contributed by atoms with Crippen molar-refractivity contribution in [3.8, 4) is 5.75 Å². The smallest absolute Gasteiger partial charge is 0.406 e. The Morgan fingerprint density at radius 1 is 1.28 bits per heavy atom. The zero-order chi connectivity index (χ0) is 13.6. The summed E-state index contributed by atoms with van der Waals surface area (Å²) >= 11 is 0. The Labute approximate surface area is 102 Å². The number of carbonyl (C=O) groups is 1. The van der Waals surface area contributed by atoms with Crippen molar-refractivity contribution in [3.63, 3.8) is 0 Å². The molecule has 1 rings (SSSR count). The number of benzene rings is 1. The second kappa shape index (κ2) is 6.25. The van der Waals surface area contributed by atoms with E-state index in [1.165, 1.54) is 24.3 Å². The molecule has 7 heteroatoms. The van der Waals surface area contributed by atoms with Crippen LogP contribution in [0.1, 0.15) is 5.56 Å². The average Bonchev–Trinajstić information content (AvgIpc) is 2.26. The van der Waals surface area contributed by atoms with Gasteiger partial charge in [-0.15, -0.1) is 13.2 Å². The number of nitrogens with one attached hydrogen (secondary N) is 2. The molecule has 0 bridgehead atoms. The van der Waals surface area contributed by atoms with Crippen LogP contribution in [0.5, 0.6) is 5.75 Å². The second-order valence-corrected chi connectivity index (χ2v) is 3.50. The van der Waals surface area contributed by atoms with Crippen molar-refractivity contribution in [1.29, 1.82) is 0 Å². The summed E-state index contributed by atoms with van der Waals surface area (Å²) in [7, 11) is 1.64. The third-order valence-electron chi connectivity index (χ3n) is 1.98. The first-order valence-corrected chi connectivity index (χ1v) is 5.16. The van der Waals surface area contributed by atoms with Gasteiger partial charge in [-0.25, -0.2) is 0 Å². The van der Waals surface area contributed by atoms with Crippen molar-refractivity contribution in [3.05, 3.63) is 29.8 Å². The zero-order valence-corrected chi connectivity index (χ0v) is 9.67. The van der Waals surface area contributed by atoms with E-state index in [0.717, 1.165) is 0 Å². The third kappa shape index (κ3) is 5.53. The molecule has 0 atom stereocenters. The number of halogens is 3. The Bertz CT molecular complexity index is 390. The Kier molecular flexibility index (Phi) is 4.96. The number of alkyl halides is 3. The zero-order valence-electron chi connectivity index (χ0n) is 9.67. The Morgan fingerprint density at radius 2 is 1.89 bits per heavy atom. The van der Waals surface area contributed by atoms with E-state index < -0.39 is 6.36 Å². The predicted octanol–water partition coefficient (Wildman–Crippen LogP) is 1.42. The van der Waals surface area contributed by atoms with Crippen molar-refractivity contribution in [2.75, 3.05) is 13.6 Å². The molecule has 4 nitrogen and oxygen atoms in total. The summed E-state index contributed by atoms with van der Waals surface area (Å²) in [5.41, 5.74) is 0.689. The lowest BCUT2D eigenvalue weighted by Gasteiger charge is -2.09. The van der Waals surface area contributed by atoms with Crippen LogP contribution in [0.4, 0.5) is 13.2 Å². The summed E-state index contributed by atoms with van der Waals surface area (Å²) in [5, 5.41) is 5.28. The summed E-state index contributed by atoms with van der Waals surface area (Å²) in [5.74, 6) is -0.471. The van der Waals surface area contributed by atoms with E-state index in [1.54, 1.807) is 7.05 Å². The van der Waals surface area contributed by atoms with Gasteiger partial charge in [0.25, 0.3) is 0 Å². The summed E-state index contributed by atoms with van der Waals surface area (Å²) in [6, 6.07) is 5.32. The minimum atomic E-state index is -4.69. The fraction of sp³-hybridized carbons (Fsp3) is 0.364. The third-order valence-corrected chi connectivity index (χ3v) is 1.98. The molecule has 2 N–H and O–H groups in total. The quantitative estimate of drug-likeness (QED) is 0.843. The highest BCUT2D eigenvalue weighted by atomic mass is 19.4. The van der Waals surface area contributed by atoms with E-state index in [4.69, 9.17) is 0 Å². The molecule has 1 aromatic carbocycles. The van der Waals surface area contributed by atoms with Gasteiger partial charge >= 0.3 is 6.36 Å². The van der Waals surface area contributed by atoms with E-state index in [0.29, 0.717) is 5.56 Å². The highest BCUT2D eigenvalue weighted by Crippen LogP contribution is 2.22. The molecule has 0 saturated heterocycles. The number of rotatable bonds is 5. The van der Waals surface area contributed by atoms with Crippen molar-refractivity contribution in [2.24, 2.45) is 0 Å². The van der Waals surface area contributed by atoms with Crippen molar-refractivity contribution >= 4 is 5.91 Å². The number of carbonyl (C=O) groups excluding carboxylic acids is 1. The topological polar surface area (TPSA) is 50.4 Å². The molecule has 0 aliphatic heterocycles. The molecule has 0 fully saturated rings. The van der Waals surface area contributed by atoms with Crippen LogP contribution in [0.2, 0.25) is 0 Å². The van der Waals surface area contributed by atoms with E-state index >= 15 is 0 Å². The average molecular weight is 262 g/mol. The molecule has 0 spiro atoms. The summed E-state index contributed by atoms with van der Waals surface area (Å²) in [6.07, 6.45) is -4.69. The summed E-state index contributed by atoms with van der Waals surface area (Å²) in [4.78, 5) is 11.1. The second-order valence-electron chi connectivity index (χ2n) is 3.50. The van der Waals surface area contributed by atoms with Gasteiger partial charge in [-0.05, 0) is 24.7 Å². The molecule has 18 heavy (non-hydrogen) atoms. The van der Waals surface area contributed by atoms with E-state index in [2.05, 4.69) is 15.4 Å². The number of hydrogen-bond acceptors (Lipinski definition) is 3. The number of hydrogen-bond donors (Lipinski definition) is 2. The molecule has 100 valence electrons. The van der Waals surface area contributed by atoms with E-state index in [9.17, 15) is 18.0 Å².